The topological polar surface area (TPSA) is 53.4 Å². The summed E-state index contributed by atoms with van der Waals surface area (Å²) < 4.78 is 0. The molecular weight excluding hydrogens is 216 g/mol. The van der Waals surface area contributed by atoms with Gasteiger partial charge >= 0.3 is 0 Å². The smallest absolute Gasteiger partial charge is 0.272 e. The number of rotatable bonds is 1. The highest BCUT2D eigenvalue weighted by molar-refractivity contribution is 5.92. The van der Waals surface area contributed by atoms with Crippen LogP contribution in [0.2, 0.25) is 0 Å². The predicted octanol–water partition coefficient (Wildman–Crippen LogP) is 1.46. The largest absolute Gasteiger partial charge is 0.390 e. The molecule has 17 heavy (non-hydrogen) atoms. The highest BCUT2D eigenvalue weighted by Gasteiger charge is 2.27. The second-order valence-electron chi connectivity index (χ2n) is 4.86. The molecule has 1 aliphatic heterocycles. The Hall–Kier alpha value is -1.42. The second kappa shape index (κ2) is 4.84. The van der Waals surface area contributed by atoms with Crippen molar-refractivity contribution in [1.29, 1.82) is 0 Å². The highest BCUT2D eigenvalue weighted by atomic mass is 16.3. The molecular formula is C13H18N2O2. The summed E-state index contributed by atoms with van der Waals surface area (Å²) in [5.41, 5.74) is -0.159. The summed E-state index contributed by atoms with van der Waals surface area (Å²) in [7, 11) is 0. The number of hydrogen-bond donors (Lipinski definition) is 1. The highest BCUT2D eigenvalue weighted by Crippen LogP contribution is 2.22. The van der Waals surface area contributed by atoms with E-state index in [1.807, 2.05) is 13.0 Å². The molecule has 4 heteroatoms. The van der Waals surface area contributed by atoms with E-state index in [0.29, 0.717) is 25.2 Å². The Balaban J connectivity index is 2.06. The monoisotopic (exact) mass is 234 g/mol. The first-order chi connectivity index (χ1) is 8.08. The number of nitrogens with zero attached hydrogens (tertiary/aromatic N) is 2. The Morgan fingerprint density at radius 3 is 2.94 bits per heavy atom. The van der Waals surface area contributed by atoms with Crippen molar-refractivity contribution in [1.82, 2.24) is 9.88 Å². The zero-order valence-electron chi connectivity index (χ0n) is 10.1. The van der Waals surface area contributed by atoms with Crippen LogP contribution in [0.15, 0.2) is 24.4 Å². The molecule has 1 aromatic rings. The summed E-state index contributed by atoms with van der Waals surface area (Å²) in [6.07, 6.45) is 3.84. The van der Waals surface area contributed by atoms with Gasteiger partial charge in [-0.05, 0) is 38.3 Å². The number of carbonyl (C=O) groups is 1. The van der Waals surface area contributed by atoms with Crippen molar-refractivity contribution in [2.45, 2.75) is 31.8 Å². The average molecular weight is 234 g/mol. The summed E-state index contributed by atoms with van der Waals surface area (Å²) in [5.74, 6) is -0.0386. The van der Waals surface area contributed by atoms with Crippen LogP contribution in [0.3, 0.4) is 0 Å². The van der Waals surface area contributed by atoms with Gasteiger partial charge in [0.1, 0.15) is 5.69 Å². The van der Waals surface area contributed by atoms with Gasteiger partial charge in [0.25, 0.3) is 5.91 Å². The molecule has 1 aliphatic rings. The molecule has 1 atom stereocenters. The van der Waals surface area contributed by atoms with Gasteiger partial charge in [0.2, 0.25) is 0 Å². The second-order valence-corrected chi connectivity index (χ2v) is 4.86. The van der Waals surface area contributed by atoms with Crippen molar-refractivity contribution >= 4 is 5.91 Å². The molecule has 4 nitrogen and oxygen atoms in total. The van der Waals surface area contributed by atoms with Gasteiger partial charge < -0.3 is 10.0 Å². The van der Waals surface area contributed by atoms with Crippen LogP contribution in [-0.2, 0) is 0 Å². The van der Waals surface area contributed by atoms with Gasteiger partial charge in [-0.15, -0.1) is 0 Å². The number of aliphatic hydroxyl groups is 1. The molecule has 0 aliphatic carbocycles. The predicted molar refractivity (Wildman–Crippen MR) is 64.6 cm³/mol. The van der Waals surface area contributed by atoms with Gasteiger partial charge in [-0.2, -0.15) is 0 Å². The molecule has 0 radical (unpaired) electrons. The first-order valence-electron chi connectivity index (χ1n) is 6.01. The van der Waals surface area contributed by atoms with E-state index < -0.39 is 5.60 Å². The van der Waals surface area contributed by atoms with E-state index in [2.05, 4.69) is 4.98 Å². The Kier molecular flexibility index (Phi) is 3.43. The Labute approximate surface area is 101 Å². The lowest BCUT2D eigenvalue weighted by Crippen LogP contribution is -2.33. The van der Waals surface area contributed by atoms with Crippen molar-refractivity contribution in [2.24, 2.45) is 0 Å². The van der Waals surface area contributed by atoms with E-state index >= 15 is 0 Å². The van der Waals surface area contributed by atoms with Gasteiger partial charge in [0.05, 0.1) is 5.60 Å². The molecule has 0 aromatic carbocycles. The molecule has 1 unspecified atom stereocenters. The maximum Gasteiger partial charge on any atom is 0.272 e. The number of carbonyl (C=O) groups excluding carboxylic acids is 1. The van der Waals surface area contributed by atoms with E-state index in [4.69, 9.17) is 0 Å². The van der Waals surface area contributed by atoms with Crippen molar-refractivity contribution in [3.05, 3.63) is 30.1 Å². The van der Waals surface area contributed by atoms with Crippen molar-refractivity contribution in [3.8, 4) is 0 Å². The number of amides is 1. The molecule has 0 bridgehead atoms. The van der Waals surface area contributed by atoms with Crippen molar-refractivity contribution in [2.75, 3.05) is 13.1 Å². The van der Waals surface area contributed by atoms with E-state index in [0.717, 1.165) is 12.8 Å². The summed E-state index contributed by atoms with van der Waals surface area (Å²) in [4.78, 5) is 18.0. The molecule has 0 saturated carbocycles. The maximum absolute atomic E-state index is 12.1. The van der Waals surface area contributed by atoms with Gasteiger partial charge in [0, 0.05) is 19.3 Å². The van der Waals surface area contributed by atoms with Crippen LogP contribution >= 0.6 is 0 Å². The lowest BCUT2D eigenvalue weighted by atomic mass is 9.98. The minimum absolute atomic E-state index is 0.0386. The van der Waals surface area contributed by atoms with E-state index in [1.54, 1.807) is 23.2 Å². The molecule has 2 rings (SSSR count). The van der Waals surface area contributed by atoms with Gasteiger partial charge in [-0.3, -0.25) is 9.78 Å². The molecule has 1 fully saturated rings. The molecule has 1 amide bonds. The molecule has 0 spiro atoms. The maximum atomic E-state index is 12.1. The Bertz CT molecular complexity index is 390. The Morgan fingerprint density at radius 1 is 1.41 bits per heavy atom. The average Bonchev–Trinajstić information content (AvgIpc) is 2.50. The summed E-state index contributed by atoms with van der Waals surface area (Å²) in [6.45, 7) is 3.13. The third-order valence-corrected chi connectivity index (χ3v) is 3.23. The zero-order valence-corrected chi connectivity index (χ0v) is 10.1. The van der Waals surface area contributed by atoms with Crippen molar-refractivity contribution < 1.29 is 9.90 Å². The fourth-order valence-corrected chi connectivity index (χ4v) is 2.12. The van der Waals surface area contributed by atoms with Crippen LogP contribution in [0.4, 0.5) is 0 Å². The first-order valence-corrected chi connectivity index (χ1v) is 6.01. The van der Waals surface area contributed by atoms with Crippen LogP contribution < -0.4 is 0 Å². The fourth-order valence-electron chi connectivity index (χ4n) is 2.12. The summed E-state index contributed by atoms with van der Waals surface area (Å²) in [5, 5.41) is 9.97. The quantitative estimate of drug-likeness (QED) is 0.800. The summed E-state index contributed by atoms with van der Waals surface area (Å²) >= 11 is 0. The third kappa shape index (κ3) is 3.03. The summed E-state index contributed by atoms with van der Waals surface area (Å²) in [6, 6.07) is 5.34. The fraction of sp³-hybridized carbons (Fsp3) is 0.538. The lowest BCUT2D eigenvalue weighted by Gasteiger charge is -2.22. The normalized spacial score (nSPS) is 25.4. The molecule has 92 valence electrons. The standard InChI is InChI=1S/C13H18N2O2/c1-13(17)6-4-9-15(10-7-13)12(16)11-5-2-3-8-14-11/h2-3,5,8,17H,4,6-7,9-10H2,1H3. The number of likely N-dealkylation sites (tertiary alicyclic amines) is 1. The molecule has 1 saturated heterocycles. The Morgan fingerprint density at radius 2 is 2.24 bits per heavy atom. The van der Waals surface area contributed by atoms with E-state index in [-0.39, 0.29) is 5.91 Å². The number of pyridine rings is 1. The van der Waals surface area contributed by atoms with E-state index in [9.17, 15) is 9.90 Å². The number of aromatic nitrogens is 1. The van der Waals surface area contributed by atoms with Gasteiger partial charge in [-0.1, -0.05) is 6.07 Å². The van der Waals surface area contributed by atoms with Gasteiger partial charge in [-0.25, -0.2) is 0 Å². The SMILES string of the molecule is CC1(O)CCCN(C(=O)c2ccccn2)CC1. The van der Waals surface area contributed by atoms with Crippen LogP contribution in [0.25, 0.3) is 0 Å². The van der Waals surface area contributed by atoms with Crippen LogP contribution in [0.5, 0.6) is 0 Å². The lowest BCUT2D eigenvalue weighted by molar-refractivity contribution is 0.0437. The molecule has 1 aromatic heterocycles. The van der Waals surface area contributed by atoms with Crippen LogP contribution in [-0.4, -0.2) is 39.6 Å². The molecule has 2 heterocycles. The van der Waals surface area contributed by atoms with Crippen LogP contribution in [0, 0.1) is 0 Å². The number of hydrogen-bond acceptors (Lipinski definition) is 3. The minimum Gasteiger partial charge on any atom is -0.390 e. The molecule has 1 N–H and O–H groups in total. The van der Waals surface area contributed by atoms with Gasteiger partial charge in [0.15, 0.2) is 0 Å². The van der Waals surface area contributed by atoms with Crippen molar-refractivity contribution in [3.63, 3.8) is 0 Å². The van der Waals surface area contributed by atoms with Crippen LogP contribution in [0.1, 0.15) is 36.7 Å². The first kappa shape index (κ1) is 12.0. The zero-order chi connectivity index (χ0) is 12.3. The third-order valence-electron chi connectivity index (χ3n) is 3.23. The van der Waals surface area contributed by atoms with E-state index in [1.165, 1.54) is 0 Å². The minimum atomic E-state index is -0.640.